The molecule has 2 nitrogen and oxygen atoms in total. The second kappa shape index (κ2) is 5.08. The van der Waals surface area contributed by atoms with Gasteiger partial charge in [-0.2, -0.15) is 5.26 Å². The second-order valence-corrected chi connectivity index (χ2v) is 2.94. The van der Waals surface area contributed by atoms with E-state index in [9.17, 15) is 0 Å². The average molecular weight is 187 g/mol. The van der Waals surface area contributed by atoms with Crippen LogP contribution in [0.4, 0.5) is 0 Å². The first-order chi connectivity index (χ1) is 6.79. The molecule has 0 amide bonds. The van der Waals surface area contributed by atoms with E-state index in [0.717, 1.165) is 5.56 Å². The van der Waals surface area contributed by atoms with Crippen LogP contribution in [0.3, 0.4) is 0 Å². The number of hydrogen-bond acceptors (Lipinski definition) is 2. The molecule has 0 heterocycles. The van der Waals surface area contributed by atoms with Crippen LogP contribution in [0.2, 0.25) is 0 Å². The van der Waals surface area contributed by atoms with Gasteiger partial charge in [-0.05, 0) is 25.5 Å². The number of nitrogens with zero attached hydrogens (tertiary/aromatic N) is 1. The number of benzene rings is 1. The van der Waals surface area contributed by atoms with Crippen molar-refractivity contribution in [3.63, 3.8) is 0 Å². The largest absolute Gasteiger partial charge is 0.488 e. The van der Waals surface area contributed by atoms with Crippen LogP contribution in [0.25, 0.3) is 0 Å². The fraction of sp³-hybridized carbons (Fsp3) is 0.250. The van der Waals surface area contributed by atoms with Crippen LogP contribution in [0.1, 0.15) is 18.1 Å². The van der Waals surface area contributed by atoms with E-state index in [2.05, 4.69) is 6.07 Å². The zero-order valence-corrected chi connectivity index (χ0v) is 8.45. The molecule has 0 spiro atoms. The molecule has 0 bridgehead atoms. The highest BCUT2D eigenvalue weighted by Gasteiger charge is 2.04. The molecule has 0 saturated heterocycles. The van der Waals surface area contributed by atoms with Gasteiger partial charge in [-0.25, -0.2) is 0 Å². The lowest BCUT2D eigenvalue weighted by Crippen LogP contribution is -1.97. The third-order valence-corrected chi connectivity index (χ3v) is 1.89. The van der Waals surface area contributed by atoms with Crippen LogP contribution in [0.15, 0.2) is 30.4 Å². The Morgan fingerprint density at radius 2 is 2.29 bits per heavy atom. The summed E-state index contributed by atoms with van der Waals surface area (Å²) in [6.07, 6.45) is 3.83. The van der Waals surface area contributed by atoms with Crippen LogP contribution in [0.5, 0.6) is 5.75 Å². The van der Waals surface area contributed by atoms with E-state index in [1.807, 2.05) is 38.1 Å². The zero-order chi connectivity index (χ0) is 10.4. The van der Waals surface area contributed by atoms with Gasteiger partial charge >= 0.3 is 0 Å². The molecule has 0 aliphatic heterocycles. The number of para-hydroxylation sites is 1. The summed E-state index contributed by atoms with van der Waals surface area (Å²) in [5.74, 6) is 0.688. The van der Waals surface area contributed by atoms with E-state index in [0.29, 0.717) is 17.9 Å². The van der Waals surface area contributed by atoms with Crippen LogP contribution in [-0.2, 0) is 0 Å². The van der Waals surface area contributed by atoms with Crippen LogP contribution >= 0.6 is 0 Å². The minimum Gasteiger partial charge on any atom is -0.488 e. The maximum Gasteiger partial charge on any atom is 0.140 e. The Morgan fingerprint density at radius 3 is 2.93 bits per heavy atom. The standard InChI is InChI=1S/C12H13NO/c1-3-4-8-14-12-10(2)6-5-7-11(12)9-13/h3-7H,8H2,1-2H3/b4-3+. The molecule has 0 aliphatic carbocycles. The molecule has 1 aromatic carbocycles. The highest BCUT2D eigenvalue weighted by Crippen LogP contribution is 2.22. The maximum absolute atomic E-state index is 8.85. The van der Waals surface area contributed by atoms with Gasteiger partial charge in [0.2, 0.25) is 0 Å². The lowest BCUT2D eigenvalue weighted by Gasteiger charge is -2.08. The van der Waals surface area contributed by atoms with E-state index >= 15 is 0 Å². The van der Waals surface area contributed by atoms with Gasteiger partial charge in [0.25, 0.3) is 0 Å². The second-order valence-electron chi connectivity index (χ2n) is 2.94. The molecular weight excluding hydrogens is 174 g/mol. The normalized spacial score (nSPS) is 10.1. The summed E-state index contributed by atoms with van der Waals surface area (Å²) in [5, 5.41) is 8.85. The molecule has 72 valence electrons. The zero-order valence-electron chi connectivity index (χ0n) is 8.45. The Balaban J connectivity index is 2.89. The highest BCUT2D eigenvalue weighted by molar-refractivity contribution is 5.47. The van der Waals surface area contributed by atoms with Gasteiger partial charge in [0.05, 0.1) is 5.56 Å². The number of ether oxygens (including phenoxy) is 1. The van der Waals surface area contributed by atoms with Crippen LogP contribution in [0, 0.1) is 18.3 Å². The fourth-order valence-electron chi connectivity index (χ4n) is 1.16. The molecule has 1 aromatic rings. The molecule has 0 aliphatic rings. The average Bonchev–Trinajstić information content (AvgIpc) is 2.20. The SMILES string of the molecule is C/C=C/COc1c(C)cccc1C#N. The molecule has 0 N–H and O–H groups in total. The van der Waals surface area contributed by atoms with Crippen molar-refractivity contribution >= 4 is 0 Å². The monoisotopic (exact) mass is 187 g/mol. The van der Waals surface area contributed by atoms with Gasteiger partial charge in [0, 0.05) is 0 Å². The summed E-state index contributed by atoms with van der Waals surface area (Å²) in [4.78, 5) is 0. The number of aryl methyl sites for hydroxylation is 1. The van der Waals surface area contributed by atoms with Gasteiger partial charge in [-0.1, -0.05) is 24.3 Å². The Morgan fingerprint density at radius 1 is 1.50 bits per heavy atom. The quantitative estimate of drug-likeness (QED) is 0.682. The van der Waals surface area contributed by atoms with Gasteiger partial charge in [-0.3, -0.25) is 0 Å². The lowest BCUT2D eigenvalue weighted by atomic mass is 10.1. The van der Waals surface area contributed by atoms with Crippen molar-refractivity contribution in [3.8, 4) is 11.8 Å². The molecule has 0 saturated carbocycles. The minimum atomic E-state index is 0.510. The van der Waals surface area contributed by atoms with E-state index < -0.39 is 0 Å². The third-order valence-electron chi connectivity index (χ3n) is 1.89. The van der Waals surface area contributed by atoms with Gasteiger partial charge in [-0.15, -0.1) is 0 Å². The molecule has 14 heavy (non-hydrogen) atoms. The van der Waals surface area contributed by atoms with Crippen molar-refractivity contribution in [3.05, 3.63) is 41.5 Å². The molecule has 1 rings (SSSR count). The third kappa shape index (κ3) is 2.37. The van der Waals surface area contributed by atoms with E-state index in [-0.39, 0.29) is 0 Å². The smallest absolute Gasteiger partial charge is 0.140 e. The summed E-state index contributed by atoms with van der Waals surface area (Å²) < 4.78 is 5.49. The molecule has 0 atom stereocenters. The topological polar surface area (TPSA) is 33.0 Å². The molecule has 0 aromatic heterocycles. The molecule has 0 fully saturated rings. The van der Waals surface area contributed by atoms with Crippen molar-refractivity contribution in [2.45, 2.75) is 13.8 Å². The molecular formula is C12H13NO. The van der Waals surface area contributed by atoms with E-state index in [1.165, 1.54) is 0 Å². The van der Waals surface area contributed by atoms with Crippen molar-refractivity contribution in [1.29, 1.82) is 5.26 Å². The van der Waals surface area contributed by atoms with E-state index in [1.54, 1.807) is 6.07 Å². The Labute approximate surface area is 84.4 Å². The predicted octanol–water partition coefficient (Wildman–Crippen LogP) is 2.82. The maximum atomic E-state index is 8.85. The summed E-state index contributed by atoms with van der Waals surface area (Å²) in [5.41, 5.74) is 1.59. The lowest BCUT2D eigenvalue weighted by molar-refractivity contribution is 0.359. The van der Waals surface area contributed by atoms with Crippen LogP contribution in [-0.4, -0.2) is 6.61 Å². The summed E-state index contributed by atoms with van der Waals surface area (Å²) in [7, 11) is 0. The van der Waals surface area contributed by atoms with Crippen LogP contribution < -0.4 is 4.74 Å². The highest BCUT2D eigenvalue weighted by atomic mass is 16.5. The predicted molar refractivity (Wildman–Crippen MR) is 56.2 cm³/mol. The van der Waals surface area contributed by atoms with Crippen molar-refractivity contribution in [2.24, 2.45) is 0 Å². The fourth-order valence-corrected chi connectivity index (χ4v) is 1.16. The number of allylic oxidation sites excluding steroid dienone is 1. The van der Waals surface area contributed by atoms with Crippen molar-refractivity contribution in [1.82, 2.24) is 0 Å². The number of rotatable bonds is 3. The summed E-state index contributed by atoms with van der Waals surface area (Å²) in [6.45, 7) is 4.38. The van der Waals surface area contributed by atoms with Gasteiger partial charge < -0.3 is 4.74 Å². The first kappa shape index (κ1) is 10.3. The first-order valence-corrected chi connectivity index (χ1v) is 4.53. The Bertz CT molecular complexity index is 374. The van der Waals surface area contributed by atoms with E-state index in [4.69, 9.17) is 10.00 Å². The van der Waals surface area contributed by atoms with Gasteiger partial charge in [0.1, 0.15) is 18.4 Å². The summed E-state index contributed by atoms with van der Waals surface area (Å²) >= 11 is 0. The molecule has 0 radical (unpaired) electrons. The molecule has 2 heteroatoms. The molecule has 0 unspecified atom stereocenters. The first-order valence-electron chi connectivity index (χ1n) is 4.53. The summed E-state index contributed by atoms with van der Waals surface area (Å²) in [6, 6.07) is 7.67. The number of nitriles is 1. The minimum absolute atomic E-state index is 0.510. The van der Waals surface area contributed by atoms with Crippen molar-refractivity contribution in [2.75, 3.05) is 6.61 Å². The van der Waals surface area contributed by atoms with Crippen molar-refractivity contribution < 1.29 is 4.74 Å². The Kier molecular flexibility index (Phi) is 3.75. The Hall–Kier alpha value is -1.75. The number of hydrogen-bond donors (Lipinski definition) is 0. The van der Waals surface area contributed by atoms with Gasteiger partial charge in [0.15, 0.2) is 0 Å².